The number of hydrogen-bond acceptors (Lipinski definition) is 5. The predicted octanol–water partition coefficient (Wildman–Crippen LogP) is 3.28. The van der Waals surface area contributed by atoms with Crippen LogP contribution in [0, 0.1) is 0 Å². The van der Waals surface area contributed by atoms with Crippen molar-refractivity contribution < 1.29 is 18.9 Å². The van der Waals surface area contributed by atoms with Crippen LogP contribution in [0.5, 0.6) is 23.0 Å². The number of ether oxygens (including phenoxy) is 4. The lowest BCUT2D eigenvalue weighted by Crippen LogP contribution is -1.94. The van der Waals surface area contributed by atoms with Gasteiger partial charge in [-0.3, -0.25) is 4.98 Å². The molecule has 0 saturated heterocycles. The van der Waals surface area contributed by atoms with E-state index < -0.39 is 0 Å². The van der Waals surface area contributed by atoms with Crippen LogP contribution in [0.4, 0.5) is 0 Å². The molecule has 0 bridgehead atoms. The van der Waals surface area contributed by atoms with Crippen molar-refractivity contribution in [1.29, 1.82) is 0 Å². The summed E-state index contributed by atoms with van der Waals surface area (Å²) in [6.45, 7) is 0.561. The smallest absolute Gasteiger partial charge is 0.231 e. The maximum absolute atomic E-state index is 5.49. The average molecular weight is 307 g/mol. The Morgan fingerprint density at radius 2 is 1.52 bits per heavy atom. The van der Waals surface area contributed by atoms with E-state index in [1.807, 2.05) is 42.6 Å². The zero-order chi connectivity index (χ0) is 15.2. The van der Waals surface area contributed by atoms with Gasteiger partial charge < -0.3 is 18.9 Å². The molecule has 1 aromatic heterocycles. The van der Waals surface area contributed by atoms with E-state index in [9.17, 15) is 0 Å². The first-order valence-corrected chi connectivity index (χ1v) is 7.42. The summed E-state index contributed by atoms with van der Waals surface area (Å²) in [5.41, 5.74) is 2.13. The van der Waals surface area contributed by atoms with Crippen LogP contribution >= 0.6 is 0 Å². The quantitative estimate of drug-likeness (QED) is 0.727. The van der Waals surface area contributed by atoms with Crippen molar-refractivity contribution in [3.8, 4) is 23.0 Å². The molecule has 2 aliphatic heterocycles. The Labute approximate surface area is 132 Å². The van der Waals surface area contributed by atoms with Crippen LogP contribution in [0.15, 0.2) is 42.6 Å². The van der Waals surface area contributed by atoms with Gasteiger partial charge in [-0.25, -0.2) is 0 Å². The van der Waals surface area contributed by atoms with E-state index in [0.29, 0.717) is 6.42 Å². The van der Waals surface area contributed by atoms with E-state index in [1.165, 1.54) is 0 Å². The summed E-state index contributed by atoms with van der Waals surface area (Å²) in [5, 5.41) is 2.18. The van der Waals surface area contributed by atoms with E-state index in [1.54, 1.807) is 0 Å². The predicted molar refractivity (Wildman–Crippen MR) is 83.2 cm³/mol. The summed E-state index contributed by atoms with van der Waals surface area (Å²) in [4.78, 5) is 4.55. The van der Waals surface area contributed by atoms with Gasteiger partial charge in [0, 0.05) is 18.0 Å². The maximum atomic E-state index is 5.49. The summed E-state index contributed by atoms with van der Waals surface area (Å²) in [7, 11) is 0. The van der Waals surface area contributed by atoms with E-state index in [-0.39, 0.29) is 13.6 Å². The topological polar surface area (TPSA) is 49.8 Å². The minimum atomic E-state index is 0.274. The first kappa shape index (κ1) is 12.6. The van der Waals surface area contributed by atoms with Crippen LogP contribution in [0.25, 0.3) is 10.8 Å². The monoisotopic (exact) mass is 307 g/mol. The van der Waals surface area contributed by atoms with Crippen LogP contribution in [-0.2, 0) is 6.42 Å². The fourth-order valence-electron chi connectivity index (χ4n) is 3.01. The molecule has 0 N–H and O–H groups in total. The van der Waals surface area contributed by atoms with Crippen LogP contribution in [0.2, 0.25) is 0 Å². The van der Waals surface area contributed by atoms with E-state index in [2.05, 4.69) is 4.98 Å². The summed E-state index contributed by atoms with van der Waals surface area (Å²) >= 11 is 0. The van der Waals surface area contributed by atoms with Gasteiger partial charge in [-0.05, 0) is 41.3 Å². The van der Waals surface area contributed by atoms with Gasteiger partial charge in [0.15, 0.2) is 23.0 Å². The number of nitrogens with zero attached hydrogens (tertiary/aromatic N) is 1. The van der Waals surface area contributed by atoms with Gasteiger partial charge >= 0.3 is 0 Å². The SMILES string of the molecule is c1cc2cc3c(cc2c(Cc2ccc4c(c2)OCO4)n1)OCO3. The second-order valence-corrected chi connectivity index (χ2v) is 5.55. The van der Waals surface area contributed by atoms with Gasteiger partial charge in [0.2, 0.25) is 13.6 Å². The van der Waals surface area contributed by atoms with Gasteiger partial charge in [0.25, 0.3) is 0 Å². The lowest BCUT2D eigenvalue weighted by Gasteiger charge is -2.08. The fourth-order valence-corrected chi connectivity index (χ4v) is 3.01. The summed E-state index contributed by atoms with van der Waals surface area (Å²) < 4.78 is 21.7. The molecule has 2 aromatic carbocycles. The highest BCUT2D eigenvalue weighted by atomic mass is 16.7. The number of aromatic nitrogens is 1. The maximum Gasteiger partial charge on any atom is 0.231 e. The lowest BCUT2D eigenvalue weighted by atomic mass is 10.0. The molecule has 0 atom stereocenters. The van der Waals surface area contributed by atoms with E-state index in [4.69, 9.17) is 18.9 Å². The number of pyridine rings is 1. The second-order valence-electron chi connectivity index (χ2n) is 5.55. The second kappa shape index (κ2) is 4.78. The highest BCUT2D eigenvalue weighted by molar-refractivity contribution is 5.88. The first-order chi connectivity index (χ1) is 11.4. The summed E-state index contributed by atoms with van der Waals surface area (Å²) in [6, 6.07) is 12.0. The molecule has 0 radical (unpaired) electrons. The Hall–Kier alpha value is -2.95. The highest BCUT2D eigenvalue weighted by Gasteiger charge is 2.17. The molecule has 5 rings (SSSR count). The van der Waals surface area contributed by atoms with Gasteiger partial charge in [0.05, 0.1) is 5.69 Å². The third-order valence-electron chi connectivity index (χ3n) is 4.15. The third kappa shape index (κ3) is 2.04. The fraction of sp³-hybridized carbons (Fsp3) is 0.167. The molecule has 0 saturated carbocycles. The van der Waals surface area contributed by atoms with Crippen molar-refractivity contribution in [2.24, 2.45) is 0 Å². The Morgan fingerprint density at radius 1 is 0.783 bits per heavy atom. The Balaban J connectivity index is 1.57. The van der Waals surface area contributed by atoms with Crippen molar-refractivity contribution >= 4 is 10.8 Å². The standard InChI is InChI=1S/C18H13NO4/c1-2-15-16(21-9-20-15)6-11(1)5-14-13-8-18-17(22-10-23-18)7-12(13)3-4-19-14/h1-4,6-8H,5,9-10H2. The number of fused-ring (bicyclic) bond motifs is 3. The van der Waals surface area contributed by atoms with Crippen LogP contribution in [0.1, 0.15) is 11.3 Å². The van der Waals surface area contributed by atoms with Crippen molar-refractivity contribution in [3.63, 3.8) is 0 Å². The molecule has 0 unspecified atom stereocenters. The van der Waals surface area contributed by atoms with Gasteiger partial charge in [-0.15, -0.1) is 0 Å². The number of benzene rings is 2. The van der Waals surface area contributed by atoms with Crippen molar-refractivity contribution in [3.05, 3.63) is 53.9 Å². The Kier molecular flexibility index (Phi) is 2.61. The van der Waals surface area contributed by atoms with Crippen LogP contribution in [0.3, 0.4) is 0 Å². The zero-order valence-electron chi connectivity index (χ0n) is 12.2. The van der Waals surface area contributed by atoms with Gasteiger partial charge in [-0.1, -0.05) is 6.07 Å². The summed E-state index contributed by atoms with van der Waals surface area (Å²) in [6.07, 6.45) is 2.54. The largest absolute Gasteiger partial charge is 0.454 e. The third-order valence-corrected chi connectivity index (χ3v) is 4.15. The normalized spacial score (nSPS) is 14.4. The molecule has 3 heterocycles. The molecule has 114 valence electrons. The minimum Gasteiger partial charge on any atom is -0.454 e. The molecule has 0 amide bonds. The lowest BCUT2D eigenvalue weighted by molar-refractivity contribution is 0.173. The van der Waals surface area contributed by atoms with Crippen molar-refractivity contribution in [2.75, 3.05) is 13.6 Å². The minimum absolute atomic E-state index is 0.274. The number of hydrogen-bond donors (Lipinski definition) is 0. The van der Waals surface area contributed by atoms with Crippen molar-refractivity contribution in [1.82, 2.24) is 4.98 Å². The molecule has 0 aliphatic carbocycles. The molecule has 5 nitrogen and oxygen atoms in total. The van der Waals surface area contributed by atoms with Gasteiger partial charge in [-0.2, -0.15) is 0 Å². The molecular weight excluding hydrogens is 294 g/mol. The molecule has 0 fully saturated rings. The van der Waals surface area contributed by atoms with Crippen LogP contribution < -0.4 is 18.9 Å². The van der Waals surface area contributed by atoms with E-state index in [0.717, 1.165) is 45.0 Å². The van der Waals surface area contributed by atoms with Crippen LogP contribution in [-0.4, -0.2) is 18.6 Å². The Bertz CT molecular complexity index is 922. The summed E-state index contributed by atoms with van der Waals surface area (Å²) in [5.74, 6) is 3.15. The molecular formula is C18H13NO4. The first-order valence-electron chi connectivity index (χ1n) is 7.42. The van der Waals surface area contributed by atoms with E-state index >= 15 is 0 Å². The molecule has 23 heavy (non-hydrogen) atoms. The molecule has 0 spiro atoms. The van der Waals surface area contributed by atoms with Crippen molar-refractivity contribution in [2.45, 2.75) is 6.42 Å². The molecule has 2 aliphatic rings. The number of rotatable bonds is 2. The molecule has 3 aromatic rings. The zero-order valence-corrected chi connectivity index (χ0v) is 12.2. The van der Waals surface area contributed by atoms with Gasteiger partial charge in [0.1, 0.15) is 0 Å². The molecule has 5 heteroatoms. The average Bonchev–Trinajstić information content (AvgIpc) is 3.21. The Morgan fingerprint density at radius 3 is 2.39 bits per heavy atom. The highest BCUT2D eigenvalue weighted by Crippen LogP contribution is 2.38.